The number of likely N-dealkylation sites (N-methyl/N-ethyl adjacent to an activating group) is 1. The van der Waals surface area contributed by atoms with Crippen LogP contribution >= 0.6 is 0 Å². The molecule has 0 unspecified atom stereocenters. The van der Waals surface area contributed by atoms with E-state index in [-0.39, 0.29) is 23.9 Å². The zero-order valence-corrected chi connectivity index (χ0v) is 14.7. The van der Waals surface area contributed by atoms with E-state index in [2.05, 4.69) is 9.88 Å². The highest BCUT2D eigenvalue weighted by Crippen LogP contribution is 2.32. The Balaban J connectivity index is 1.75. The lowest BCUT2D eigenvalue weighted by atomic mass is 9.96. The van der Waals surface area contributed by atoms with Crippen LogP contribution in [0.4, 0.5) is 0 Å². The van der Waals surface area contributed by atoms with E-state index < -0.39 is 0 Å². The molecule has 24 heavy (non-hydrogen) atoms. The van der Waals surface area contributed by atoms with Crippen molar-refractivity contribution in [3.05, 3.63) is 29.6 Å². The van der Waals surface area contributed by atoms with Crippen molar-refractivity contribution in [3.63, 3.8) is 0 Å². The Bertz CT molecular complexity index is 631. The number of likely N-dealkylation sites (tertiary alicyclic amines) is 2. The molecular formula is C18H26N4O2. The maximum Gasteiger partial charge on any atom is 0.255 e. The van der Waals surface area contributed by atoms with Gasteiger partial charge < -0.3 is 14.7 Å². The van der Waals surface area contributed by atoms with Crippen molar-refractivity contribution < 1.29 is 9.59 Å². The van der Waals surface area contributed by atoms with E-state index in [0.717, 1.165) is 31.5 Å². The van der Waals surface area contributed by atoms with Crippen LogP contribution in [0, 0.1) is 6.92 Å². The molecule has 2 aliphatic rings. The molecule has 3 rings (SSSR count). The van der Waals surface area contributed by atoms with Gasteiger partial charge >= 0.3 is 0 Å². The Morgan fingerprint density at radius 2 is 2.08 bits per heavy atom. The molecule has 130 valence electrons. The van der Waals surface area contributed by atoms with E-state index in [0.29, 0.717) is 18.5 Å². The molecule has 0 aliphatic carbocycles. The van der Waals surface area contributed by atoms with E-state index in [1.807, 2.05) is 36.9 Å². The largest absolute Gasteiger partial charge is 0.336 e. The zero-order valence-electron chi connectivity index (χ0n) is 14.7. The van der Waals surface area contributed by atoms with E-state index in [4.69, 9.17) is 0 Å². The molecule has 2 aliphatic heterocycles. The Kier molecular flexibility index (Phi) is 4.85. The van der Waals surface area contributed by atoms with Crippen LogP contribution in [0.15, 0.2) is 18.5 Å². The van der Waals surface area contributed by atoms with Crippen molar-refractivity contribution in [2.45, 2.75) is 38.3 Å². The van der Waals surface area contributed by atoms with Crippen LogP contribution in [0.3, 0.4) is 0 Å². The second-order valence-electron chi connectivity index (χ2n) is 7.10. The number of fused-ring (bicyclic) bond motifs is 1. The summed E-state index contributed by atoms with van der Waals surface area (Å²) in [6, 6.07) is 2.19. The van der Waals surface area contributed by atoms with Crippen molar-refractivity contribution in [1.29, 1.82) is 0 Å². The number of carbonyl (C=O) groups excluding carboxylic acids is 2. The smallest absolute Gasteiger partial charge is 0.255 e. The Morgan fingerprint density at radius 1 is 1.29 bits per heavy atom. The van der Waals surface area contributed by atoms with E-state index in [9.17, 15) is 9.59 Å². The number of amides is 2. The SMILES string of the molecule is Cc1cncc(C(=O)N2CC[C@@H]3[C@H]2CCC(=O)N3CCN(C)C)c1. The van der Waals surface area contributed by atoms with Gasteiger partial charge in [-0.3, -0.25) is 14.6 Å². The number of aromatic nitrogens is 1. The van der Waals surface area contributed by atoms with Crippen molar-refractivity contribution in [3.8, 4) is 0 Å². The molecule has 0 radical (unpaired) electrons. The third-order valence-electron chi connectivity index (χ3n) is 5.06. The molecule has 2 fully saturated rings. The molecule has 3 heterocycles. The maximum absolute atomic E-state index is 12.9. The molecule has 0 N–H and O–H groups in total. The van der Waals surface area contributed by atoms with Gasteiger partial charge in [0.1, 0.15) is 0 Å². The van der Waals surface area contributed by atoms with E-state index in [1.165, 1.54) is 0 Å². The Morgan fingerprint density at radius 3 is 2.79 bits per heavy atom. The van der Waals surface area contributed by atoms with Crippen molar-refractivity contribution >= 4 is 11.8 Å². The van der Waals surface area contributed by atoms with Crippen LogP contribution in [0.2, 0.25) is 0 Å². The first-order chi connectivity index (χ1) is 11.5. The third-order valence-corrected chi connectivity index (χ3v) is 5.06. The van der Waals surface area contributed by atoms with Crippen LogP contribution in [-0.4, -0.2) is 77.3 Å². The van der Waals surface area contributed by atoms with Gasteiger partial charge in [0.05, 0.1) is 17.6 Å². The topological polar surface area (TPSA) is 56.8 Å². The molecule has 1 aromatic rings. The molecule has 0 spiro atoms. The lowest BCUT2D eigenvalue weighted by Gasteiger charge is -2.40. The molecule has 2 atom stereocenters. The van der Waals surface area contributed by atoms with Crippen LogP contribution in [0.5, 0.6) is 0 Å². The first-order valence-corrected chi connectivity index (χ1v) is 8.64. The highest BCUT2D eigenvalue weighted by molar-refractivity contribution is 5.94. The predicted octanol–water partition coefficient (Wildman–Crippen LogP) is 1.16. The summed E-state index contributed by atoms with van der Waals surface area (Å²) in [5, 5.41) is 0. The summed E-state index contributed by atoms with van der Waals surface area (Å²) in [5.74, 6) is 0.269. The first-order valence-electron chi connectivity index (χ1n) is 8.64. The number of hydrogen-bond acceptors (Lipinski definition) is 4. The van der Waals surface area contributed by atoms with Gasteiger partial charge in [0.25, 0.3) is 5.91 Å². The summed E-state index contributed by atoms with van der Waals surface area (Å²) in [6.07, 6.45) is 5.57. The number of aryl methyl sites for hydroxylation is 1. The number of rotatable bonds is 4. The van der Waals surface area contributed by atoms with Crippen LogP contribution in [0.1, 0.15) is 35.2 Å². The van der Waals surface area contributed by atoms with Gasteiger partial charge in [-0.25, -0.2) is 0 Å². The summed E-state index contributed by atoms with van der Waals surface area (Å²) in [4.78, 5) is 35.4. The lowest BCUT2D eigenvalue weighted by molar-refractivity contribution is -0.137. The lowest BCUT2D eigenvalue weighted by Crippen LogP contribution is -2.54. The monoisotopic (exact) mass is 330 g/mol. The Hall–Kier alpha value is -1.95. The van der Waals surface area contributed by atoms with Gasteiger partial charge in [-0.2, -0.15) is 0 Å². The minimum absolute atomic E-state index is 0.0422. The number of pyridine rings is 1. The fourth-order valence-electron chi connectivity index (χ4n) is 3.84. The van der Waals surface area contributed by atoms with Crippen molar-refractivity contribution in [2.24, 2.45) is 0 Å². The average Bonchev–Trinajstić information content (AvgIpc) is 2.97. The van der Waals surface area contributed by atoms with Gasteiger partial charge in [-0.15, -0.1) is 0 Å². The molecular weight excluding hydrogens is 304 g/mol. The summed E-state index contributed by atoms with van der Waals surface area (Å²) in [7, 11) is 4.03. The standard InChI is InChI=1S/C18H26N4O2/c1-13-10-14(12-19-11-13)18(24)22-7-6-16-15(22)4-5-17(23)21(16)9-8-20(2)3/h10-12,15-16H,4-9H2,1-3H3/t15-,16-/m1/s1. The van der Waals surface area contributed by atoms with Crippen LogP contribution < -0.4 is 0 Å². The fourth-order valence-corrected chi connectivity index (χ4v) is 3.84. The highest BCUT2D eigenvalue weighted by Gasteiger charge is 2.44. The zero-order chi connectivity index (χ0) is 17.3. The summed E-state index contributed by atoms with van der Waals surface area (Å²) < 4.78 is 0. The maximum atomic E-state index is 12.9. The molecule has 1 aromatic heterocycles. The molecule has 2 amide bonds. The molecule has 6 nitrogen and oxygen atoms in total. The number of hydrogen-bond donors (Lipinski definition) is 0. The third kappa shape index (κ3) is 3.29. The molecule has 6 heteroatoms. The van der Waals surface area contributed by atoms with Crippen molar-refractivity contribution in [1.82, 2.24) is 19.7 Å². The molecule has 0 saturated carbocycles. The fraction of sp³-hybridized carbons (Fsp3) is 0.611. The van der Waals surface area contributed by atoms with Gasteiger partial charge in [-0.1, -0.05) is 0 Å². The quantitative estimate of drug-likeness (QED) is 0.831. The highest BCUT2D eigenvalue weighted by atomic mass is 16.2. The summed E-state index contributed by atoms with van der Waals surface area (Å²) in [6.45, 7) is 4.25. The number of nitrogens with zero attached hydrogens (tertiary/aromatic N) is 4. The molecule has 0 aromatic carbocycles. The van der Waals surface area contributed by atoms with Crippen LogP contribution in [-0.2, 0) is 4.79 Å². The number of piperidine rings is 1. The van der Waals surface area contributed by atoms with Gasteiger partial charge in [0.15, 0.2) is 0 Å². The number of carbonyl (C=O) groups is 2. The summed E-state index contributed by atoms with van der Waals surface area (Å²) in [5.41, 5.74) is 1.63. The minimum atomic E-state index is 0.0422. The van der Waals surface area contributed by atoms with Crippen LogP contribution in [0.25, 0.3) is 0 Å². The molecule has 2 saturated heterocycles. The first kappa shape index (κ1) is 16.9. The van der Waals surface area contributed by atoms with Gasteiger partial charge in [-0.05, 0) is 45.5 Å². The average molecular weight is 330 g/mol. The van der Waals surface area contributed by atoms with E-state index >= 15 is 0 Å². The predicted molar refractivity (Wildman–Crippen MR) is 91.7 cm³/mol. The Labute approximate surface area is 143 Å². The molecule has 0 bridgehead atoms. The van der Waals surface area contributed by atoms with E-state index in [1.54, 1.807) is 12.4 Å². The second kappa shape index (κ2) is 6.89. The van der Waals surface area contributed by atoms with Gasteiger partial charge in [0, 0.05) is 38.4 Å². The van der Waals surface area contributed by atoms with Gasteiger partial charge in [0.2, 0.25) is 5.91 Å². The van der Waals surface area contributed by atoms with Crippen molar-refractivity contribution in [2.75, 3.05) is 33.7 Å². The normalized spacial score (nSPS) is 23.8. The summed E-state index contributed by atoms with van der Waals surface area (Å²) >= 11 is 0. The minimum Gasteiger partial charge on any atom is -0.336 e. The second-order valence-corrected chi connectivity index (χ2v) is 7.10.